The molecule has 2 heterocycles. The summed E-state index contributed by atoms with van der Waals surface area (Å²) >= 11 is 7.37. The molecule has 3 rings (SSSR count). The molecule has 0 spiro atoms. The van der Waals surface area contributed by atoms with E-state index < -0.39 is 5.38 Å². The van der Waals surface area contributed by atoms with Crippen LogP contribution in [0.15, 0.2) is 34.3 Å². The monoisotopic (exact) mass is 295 g/mol. The van der Waals surface area contributed by atoms with E-state index in [0.29, 0.717) is 11.5 Å². The topological polar surface area (TPSA) is 36.8 Å². The summed E-state index contributed by atoms with van der Waals surface area (Å²) in [5.74, 6) is 0.469. The number of halogens is 2. The van der Waals surface area contributed by atoms with Crippen molar-refractivity contribution in [1.82, 2.24) is 5.32 Å². The molecule has 1 aliphatic rings. The fourth-order valence-electron chi connectivity index (χ4n) is 2.16. The molecule has 98 valence electrons. The molecular weight excluding hydrogens is 285 g/mol. The highest BCUT2D eigenvalue weighted by Crippen LogP contribution is 2.36. The van der Waals surface area contributed by atoms with Crippen LogP contribution in [0.4, 0.5) is 4.39 Å². The van der Waals surface area contributed by atoms with Crippen LogP contribution in [0.25, 0.3) is 10.1 Å². The molecule has 2 atom stereocenters. The van der Waals surface area contributed by atoms with E-state index in [9.17, 15) is 4.39 Å². The van der Waals surface area contributed by atoms with E-state index in [1.54, 1.807) is 13.3 Å². The number of aliphatic imine (C=N–C) groups is 2. The van der Waals surface area contributed by atoms with E-state index in [1.807, 2.05) is 24.3 Å². The minimum Gasteiger partial charge on any atom is -0.346 e. The molecule has 3 nitrogen and oxygen atoms in total. The molecule has 0 amide bonds. The number of hydrogen-bond acceptors (Lipinski definition) is 2. The van der Waals surface area contributed by atoms with Gasteiger partial charge in [0.05, 0.1) is 11.4 Å². The zero-order valence-corrected chi connectivity index (χ0v) is 11.7. The smallest absolute Gasteiger partial charge is 0.217 e. The predicted octanol–water partition coefficient (Wildman–Crippen LogP) is 3.35. The lowest BCUT2D eigenvalue weighted by atomic mass is 10.0. The Balaban J connectivity index is 2.14. The van der Waals surface area contributed by atoms with E-state index in [2.05, 4.69) is 15.3 Å². The van der Waals surface area contributed by atoms with Gasteiger partial charge < -0.3 is 5.32 Å². The first-order chi connectivity index (χ1) is 9.20. The van der Waals surface area contributed by atoms with Crippen LogP contribution < -0.4 is 5.32 Å². The van der Waals surface area contributed by atoms with Gasteiger partial charge >= 0.3 is 0 Å². The first-order valence-electron chi connectivity index (χ1n) is 5.79. The van der Waals surface area contributed by atoms with Crippen molar-refractivity contribution < 1.29 is 4.39 Å². The largest absolute Gasteiger partial charge is 0.346 e. The molecule has 0 fully saturated rings. The average Bonchev–Trinajstić information content (AvgIpc) is 2.75. The molecule has 0 bridgehead atoms. The van der Waals surface area contributed by atoms with Crippen molar-refractivity contribution in [2.75, 3.05) is 7.05 Å². The van der Waals surface area contributed by atoms with Crippen molar-refractivity contribution in [3.63, 3.8) is 0 Å². The number of alkyl halides is 1. The van der Waals surface area contributed by atoms with Gasteiger partial charge in [-0.15, -0.1) is 22.9 Å². The van der Waals surface area contributed by atoms with Gasteiger partial charge in [0.2, 0.25) is 5.96 Å². The summed E-state index contributed by atoms with van der Waals surface area (Å²) in [5.41, 5.74) is 0.591. The van der Waals surface area contributed by atoms with E-state index in [4.69, 9.17) is 11.6 Å². The van der Waals surface area contributed by atoms with E-state index in [1.165, 1.54) is 0 Å². The Morgan fingerprint density at radius 1 is 1.42 bits per heavy atom. The summed E-state index contributed by atoms with van der Waals surface area (Å²) in [5, 5.41) is 3.35. The molecule has 0 saturated carbocycles. The molecule has 1 aliphatic heterocycles. The second-order valence-electron chi connectivity index (χ2n) is 4.18. The number of nitrogens with one attached hydrogen (secondary N) is 1. The number of benzene rings is 1. The van der Waals surface area contributed by atoms with E-state index >= 15 is 0 Å². The highest BCUT2D eigenvalue weighted by Gasteiger charge is 2.30. The fourth-order valence-corrected chi connectivity index (χ4v) is 3.38. The molecule has 6 heteroatoms. The first kappa shape index (κ1) is 12.6. The summed E-state index contributed by atoms with van der Waals surface area (Å²) in [6, 6.07) is 7.25. The highest BCUT2D eigenvalue weighted by molar-refractivity contribution is 7.17. The van der Waals surface area contributed by atoms with Crippen LogP contribution >= 0.6 is 22.9 Å². The summed E-state index contributed by atoms with van der Waals surface area (Å²) in [6.45, 7) is 0. The summed E-state index contributed by atoms with van der Waals surface area (Å²) in [7, 11) is 1.63. The predicted molar refractivity (Wildman–Crippen MR) is 79.2 cm³/mol. The standard InChI is InChI=1S/C13H11ClFN3S/c1-16-13-17-6-8(14)11(18-13)10-7-4-2-3-5-9(7)19-12(10)15/h2-6,8,11H,1H3,(H,16,18). The van der Waals surface area contributed by atoms with Gasteiger partial charge in [0.15, 0.2) is 5.13 Å². The number of hydrogen-bond donors (Lipinski definition) is 1. The van der Waals surface area contributed by atoms with Crippen molar-refractivity contribution in [2.45, 2.75) is 11.4 Å². The van der Waals surface area contributed by atoms with Gasteiger partial charge in [-0.1, -0.05) is 18.2 Å². The molecule has 0 aliphatic carbocycles. The number of guanidine groups is 1. The Morgan fingerprint density at radius 2 is 2.21 bits per heavy atom. The van der Waals surface area contributed by atoms with Gasteiger partial charge in [-0.05, 0) is 6.07 Å². The highest BCUT2D eigenvalue weighted by atomic mass is 35.5. The van der Waals surface area contributed by atoms with Gasteiger partial charge in [0.25, 0.3) is 0 Å². The van der Waals surface area contributed by atoms with Crippen molar-refractivity contribution in [3.8, 4) is 0 Å². The second-order valence-corrected chi connectivity index (χ2v) is 5.68. The lowest BCUT2D eigenvalue weighted by molar-refractivity contribution is 0.593. The molecule has 2 unspecified atom stereocenters. The van der Waals surface area contributed by atoms with Crippen LogP contribution in [0, 0.1) is 5.13 Å². The van der Waals surface area contributed by atoms with Crippen molar-refractivity contribution in [3.05, 3.63) is 35.0 Å². The summed E-state index contributed by atoms with van der Waals surface area (Å²) in [6.07, 6.45) is 1.59. The van der Waals surface area contributed by atoms with Crippen molar-refractivity contribution >= 4 is 45.2 Å². The number of nitrogens with zero attached hydrogens (tertiary/aromatic N) is 2. The molecule has 2 aromatic rings. The third-order valence-electron chi connectivity index (χ3n) is 3.05. The quantitative estimate of drug-likeness (QED) is 0.805. The van der Waals surface area contributed by atoms with Gasteiger partial charge in [0.1, 0.15) is 0 Å². The molecule has 0 saturated heterocycles. The number of thiophene rings is 1. The van der Waals surface area contributed by atoms with E-state index in [-0.39, 0.29) is 11.2 Å². The molecule has 0 radical (unpaired) electrons. The number of rotatable bonds is 1. The normalized spacial score (nSPS) is 24.9. The third kappa shape index (κ3) is 2.13. The van der Waals surface area contributed by atoms with Crippen LogP contribution in [0.2, 0.25) is 0 Å². The Kier molecular flexibility index (Phi) is 3.24. The molecule has 19 heavy (non-hydrogen) atoms. The second kappa shape index (κ2) is 4.90. The maximum absolute atomic E-state index is 14.2. The van der Waals surface area contributed by atoms with E-state index in [0.717, 1.165) is 21.4 Å². The maximum atomic E-state index is 14.2. The Labute approximate surface area is 118 Å². The van der Waals surface area contributed by atoms with Crippen LogP contribution in [-0.4, -0.2) is 24.6 Å². The Bertz CT molecular complexity index is 680. The lowest BCUT2D eigenvalue weighted by Gasteiger charge is -2.25. The van der Waals surface area contributed by atoms with Crippen molar-refractivity contribution in [1.29, 1.82) is 0 Å². The van der Waals surface area contributed by atoms with Gasteiger partial charge in [0, 0.05) is 28.9 Å². The minimum atomic E-state index is -0.405. The zero-order chi connectivity index (χ0) is 13.4. The Morgan fingerprint density at radius 3 is 3.00 bits per heavy atom. The summed E-state index contributed by atoms with van der Waals surface area (Å²) in [4.78, 5) is 8.04. The minimum absolute atomic E-state index is 0.213. The lowest BCUT2D eigenvalue weighted by Crippen LogP contribution is -2.38. The Hall–Kier alpha value is -1.46. The first-order valence-corrected chi connectivity index (χ1v) is 7.04. The third-order valence-corrected chi connectivity index (χ3v) is 4.39. The summed E-state index contributed by atoms with van der Waals surface area (Å²) < 4.78 is 15.1. The fraction of sp³-hybridized carbons (Fsp3) is 0.231. The van der Waals surface area contributed by atoms with Crippen LogP contribution in [-0.2, 0) is 0 Å². The van der Waals surface area contributed by atoms with Gasteiger partial charge in [-0.25, -0.2) is 4.99 Å². The van der Waals surface area contributed by atoms with Gasteiger partial charge in [-0.3, -0.25) is 4.99 Å². The number of fused-ring (bicyclic) bond motifs is 1. The molecule has 1 aromatic heterocycles. The zero-order valence-electron chi connectivity index (χ0n) is 10.1. The molecular formula is C13H11ClFN3S. The van der Waals surface area contributed by atoms with Crippen LogP contribution in [0.5, 0.6) is 0 Å². The van der Waals surface area contributed by atoms with Crippen LogP contribution in [0.3, 0.4) is 0 Å². The maximum Gasteiger partial charge on any atom is 0.217 e. The average molecular weight is 296 g/mol. The van der Waals surface area contributed by atoms with Gasteiger partial charge in [-0.2, -0.15) is 4.39 Å². The van der Waals surface area contributed by atoms with Crippen LogP contribution in [0.1, 0.15) is 11.6 Å². The molecule has 1 N–H and O–H groups in total. The van der Waals surface area contributed by atoms with Crippen molar-refractivity contribution in [2.24, 2.45) is 9.98 Å². The molecule has 1 aromatic carbocycles. The SMILES string of the molecule is CN=C1N=CC(Cl)C(c2c(F)sc3ccccc23)N1.